The van der Waals surface area contributed by atoms with Crippen molar-refractivity contribution < 1.29 is 40.0 Å². The van der Waals surface area contributed by atoms with Crippen molar-refractivity contribution in [1.82, 2.24) is 9.97 Å². The third-order valence-corrected chi connectivity index (χ3v) is 9.07. The van der Waals surface area contributed by atoms with Gasteiger partial charge in [-0.2, -0.15) is 0 Å². The van der Waals surface area contributed by atoms with Crippen LogP contribution in [0.2, 0.25) is 0 Å². The van der Waals surface area contributed by atoms with Gasteiger partial charge in [0, 0.05) is 70.0 Å². The van der Waals surface area contributed by atoms with Crippen molar-refractivity contribution >= 4 is 45.1 Å². The van der Waals surface area contributed by atoms with Crippen molar-refractivity contribution in [3.63, 3.8) is 0 Å². The lowest BCUT2D eigenvalue weighted by molar-refractivity contribution is 0.0695. The van der Waals surface area contributed by atoms with Gasteiger partial charge in [0.1, 0.15) is 22.6 Å². The van der Waals surface area contributed by atoms with Crippen LogP contribution >= 0.6 is 0 Å². The summed E-state index contributed by atoms with van der Waals surface area (Å²) >= 11 is 0. The predicted octanol–water partition coefficient (Wildman–Crippen LogP) is 9.88. The lowest BCUT2D eigenvalue weighted by Gasteiger charge is -2.28. The van der Waals surface area contributed by atoms with Gasteiger partial charge in [-0.3, -0.25) is 14.4 Å². The van der Waals surface area contributed by atoms with Gasteiger partial charge in [0.05, 0.1) is 2.74 Å². The van der Waals surface area contributed by atoms with Crippen LogP contribution in [0.4, 0.5) is 11.4 Å². The minimum absolute atomic E-state index is 0.0103. The molecule has 0 fully saturated rings. The first-order valence-corrected chi connectivity index (χ1v) is 18.5. The fraction of sp³-hybridized carbons (Fsp3) is 0.333. The molecule has 2 heterocycles. The Bertz CT molecular complexity index is 3090. The Morgan fingerprint density at radius 1 is 0.644 bits per heavy atom. The van der Waals surface area contributed by atoms with Gasteiger partial charge < -0.3 is 36.3 Å². The number of phenolic OH excluding ortho intramolecular Hbond substituents is 2. The number of nitrogens with two attached hydrogens (primary N) is 1. The standard InChI is InChI=1S/C24H28N2O3.C14H23NO.C10H7NO3/c1-23(2,3)16-11-17(24(4,5)6)20(27)12-19(16)26-22(29)15-13-25-18-10-8-7-9-14(18)21(15)28;1-13(2,3)9-7-10(14(4,5)6)12(16)8-11(9)15;12-9-6-3-1-2-4-8(6)11-5-7(9)10(13)14/h7-13,27H,1-6H3,(H,25,28)(H,26,29);7-8,16H,15H2,1-6H3;1-5H,(H,11,12)(H,13,14)/i1D3,2D3,11D;1D3,7D;. The van der Waals surface area contributed by atoms with Crippen LogP contribution in [0.25, 0.3) is 21.8 Å². The van der Waals surface area contributed by atoms with Gasteiger partial charge in [-0.15, -0.1) is 0 Å². The second-order valence-electron chi connectivity index (χ2n) is 16.8. The molecule has 6 rings (SSSR count). The first-order valence-electron chi connectivity index (χ1n) is 24.0. The summed E-state index contributed by atoms with van der Waals surface area (Å²) in [6, 6.07) is 15.2. The zero-order valence-corrected chi connectivity index (χ0v) is 34.5. The number of carbonyl (C=O) groups is 2. The van der Waals surface area contributed by atoms with E-state index in [0.717, 1.165) is 13.0 Å². The molecule has 0 saturated carbocycles. The lowest BCUT2D eigenvalue weighted by Crippen LogP contribution is -2.25. The summed E-state index contributed by atoms with van der Waals surface area (Å²) in [4.78, 5) is 54.0. The highest BCUT2D eigenvalue weighted by Gasteiger charge is 2.27. The third-order valence-electron chi connectivity index (χ3n) is 9.07. The number of hydrogen-bond acceptors (Lipinski definition) is 7. The number of amides is 1. The Kier molecular flexibility index (Phi) is 9.03. The van der Waals surface area contributed by atoms with E-state index >= 15 is 0 Å². The average Bonchev–Trinajstić information content (AvgIpc) is 3.18. The lowest BCUT2D eigenvalue weighted by atomic mass is 9.79. The topological polar surface area (TPSA) is 199 Å². The van der Waals surface area contributed by atoms with Crippen LogP contribution in [-0.4, -0.2) is 37.2 Å². The van der Waals surface area contributed by atoms with Crippen LogP contribution in [0.3, 0.4) is 0 Å². The summed E-state index contributed by atoms with van der Waals surface area (Å²) in [5.74, 6) is -2.65. The minimum atomic E-state index is -3.12. The molecule has 0 bridgehead atoms. The molecule has 0 atom stereocenters. The normalized spacial score (nSPS) is 15.3. The number of rotatable bonds is 3. The SMILES string of the molecule is O=C(O)c1c[nH]c2ccccc2c1=O.[2H]c1c(C(C)(C)C)c(O)cc(N)c1C(C)(C)C([2H])([2H])[2H].[2H]c1c(C(C)(C)C)c(O)cc(NC(=O)c2c[nH]c3ccccc3c2=O)c1C(C)(C([2H])([2H])[2H])C([2H])([2H])[2H]. The molecule has 11 nitrogen and oxygen atoms in total. The smallest absolute Gasteiger partial charge is 0.341 e. The summed E-state index contributed by atoms with van der Waals surface area (Å²) in [6.07, 6.45) is 2.41. The van der Waals surface area contributed by atoms with Crippen LogP contribution in [0, 0.1) is 0 Å². The van der Waals surface area contributed by atoms with E-state index in [4.69, 9.17) is 25.9 Å². The second kappa shape index (κ2) is 16.9. The number of carbonyl (C=O) groups excluding carboxylic acids is 1. The van der Waals surface area contributed by atoms with Gasteiger partial charge in [0.15, 0.2) is 0 Å². The Morgan fingerprint density at radius 3 is 1.56 bits per heavy atom. The van der Waals surface area contributed by atoms with Gasteiger partial charge in [-0.1, -0.05) is 107 Å². The summed E-state index contributed by atoms with van der Waals surface area (Å²) in [5, 5.41) is 32.6. The maximum Gasteiger partial charge on any atom is 0.341 e. The number of phenols is 2. The van der Waals surface area contributed by atoms with Crippen molar-refractivity contribution in [1.29, 1.82) is 0 Å². The average molecular weight is 814 g/mol. The van der Waals surface area contributed by atoms with E-state index in [2.05, 4.69) is 15.3 Å². The molecule has 0 radical (unpaired) electrons. The van der Waals surface area contributed by atoms with Crippen molar-refractivity contribution in [3.8, 4) is 11.5 Å². The van der Waals surface area contributed by atoms with Gasteiger partial charge in [0.2, 0.25) is 10.9 Å². The van der Waals surface area contributed by atoms with E-state index in [1.807, 2.05) is 20.8 Å². The summed E-state index contributed by atoms with van der Waals surface area (Å²) in [7, 11) is 0. The number of aromatic hydroxyl groups is 2. The molecule has 2 aromatic heterocycles. The fourth-order valence-corrected chi connectivity index (χ4v) is 6.10. The molecule has 0 unspecified atom stereocenters. The van der Waals surface area contributed by atoms with Gasteiger partial charge >= 0.3 is 5.97 Å². The number of nitrogens with one attached hydrogen (secondary N) is 3. The fourth-order valence-electron chi connectivity index (χ4n) is 6.10. The Morgan fingerprint density at radius 2 is 1.08 bits per heavy atom. The van der Waals surface area contributed by atoms with Crippen LogP contribution in [0.1, 0.15) is 141 Å². The highest BCUT2D eigenvalue weighted by molar-refractivity contribution is 6.06. The molecular formula is C48H58N4O7. The van der Waals surface area contributed by atoms with Crippen molar-refractivity contribution in [2.45, 2.75) is 105 Å². The number of carboxylic acid groups (broad SMARTS) is 1. The number of aromatic carboxylic acids is 1. The number of H-pyrrole nitrogens is 2. The zero-order valence-electron chi connectivity index (χ0n) is 45.5. The third kappa shape index (κ3) is 10.6. The Hall–Kier alpha value is -6.36. The first kappa shape index (κ1) is 31.6. The molecule has 8 N–H and O–H groups in total. The number of hydrogen-bond donors (Lipinski definition) is 7. The molecule has 0 saturated heterocycles. The summed E-state index contributed by atoms with van der Waals surface area (Å²) in [6.45, 7) is 6.18. The molecule has 0 aliphatic heterocycles. The predicted molar refractivity (Wildman–Crippen MR) is 239 cm³/mol. The maximum absolute atomic E-state index is 13.2. The molecular weight excluding hydrogens is 745 g/mol. The van der Waals surface area contributed by atoms with E-state index < -0.39 is 82.3 Å². The molecule has 6 aromatic rings. The maximum atomic E-state index is 13.2. The van der Waals surface area contributed by atoms with E-state index in [-0.39, 0.29) is 50.8 Å². The largest absolute Gasteiger partial charge is 0.508 e. The van der Waals surface area contributed by atoms with Gasteiger partial charge in [-0.05, 0) is 80.3 Å². The van der Waals surface area contributed by atoms with Crippen LogP contribution < -0.4 is 21.9 Å². The highest BCUT2D eigenvalue weighted by atomic mass is 16.4. The number of benzene rings is 4. The molecule has 0 aliphatic rings. The number of nitrogen functional groups attached to an aromatic ring is 1. The number of para-hydroxylation sites is 2. The first-order chi connectivity index (χ1) is 31.7. The second-order valence-corrected chi connectivity index (χ2v) is 16.8. The summed E-state index contributed by atoms with van der Waals surface area (Å²) in [5.41, 5.74) is 0.231. The Balaban J connectivity index is 0.000000261. The number of fused-ring (bicyclic) bond motifs is 2. The van der Waals surface area contributed by atoms with Crippen molar-refractivity contribution in [3.05, 3.63) is 139 Å². The number of carboxylic acids is 1. The Labute approximate surface area is 360 Å². The molecule has 1 amide bonds. The molecule has 4 aromatic carbocycles. The van der Waals surface area contributed by atoms with Crippen LogP contribution in [0.5, 0.6) is 11.5 Å². The van der Waals surface area contributed by atoms with E-state index in [0.29, 0.717) is 22.0 Å². The number of pyridine rings is 2. The van der Waals surface area contributed by atoms with E-state index in [1.165, 1.54) is 24.5 Å². The van der Waals surface area contributed by atoms with Gasteiger partial charge in [0.25, 0.3) is 5.91 Å². The molecule has 0 spiro atoms. The summed E-state index contributed by atoms with van der Waals surface area (Å²) < 4.78 is 88.7. The minimum Gasteiger partial charge on any atom is -0.508 e. The van der Waals surface area contributed by atoms with E-state index in [9.17, 15) is 29.4 Å². The molecule has 11 heteroatoms. The molecule has 59 heavy (non-hydrogen) atoms. The number of aromatic nitrogens is 2. The molecule has 0 aliphatic carbocycles. The quantitative estimate of drug-likeness (QED) is 0.0857. The van der Waals surface area contributed by atoms with Crippen molar-refractivity contribution in [2.24, 2.45) is 0 Å². The number of anilines is 2. The molecule has 312 valence electrons. The van der Waals surface area contributed by atoms with Crippen LogP contribution in [-0.2, 0) is 21.7 Å². The zero-order chi connectivity index (χ0) is 53.7. The van der Waals surface area contributed by atoms with Gasteiger partial charge in [-0.25, -0.2) is 4.79 Å². The number of aromatic amines is 2. The monoisotopic (exact) mass is 813 g/mol. The van der Waals surface area contributed by atoms with E-state index in [1.54, 1.807) is 77.1 Å². The van der Waals surface area contributed by atoms with Crippen LogP contribution in [0.15, 0.2) is 94.7 Å². The highest BCUT2D eigenvalue weighted by Crippen LogP contribution is 2.40. The van der Waals surface area contributed by atoms with Crippen molar-refractivity contribution in [2.75, 3.05) is 11.1 Å².